The van der Waals surface area contributed by atoms with E-state index in [0.29, 0.717) is 0 Å². The van der Waals surface area contributed by atoms with Crippen molar-refractivity contribution in [1.29, 1.82) is 0 Å². The van der Waals surface area contributed by atoms with Gasteiger partial charge in [-0.15, -0.1) is 0 Å². The van der Waals surface area contributed by atoms with Gasteiger partial charge >= 0.3 is 0 Å². The summed E-state index contributed by atoms with van der Waals surface area (Å²) in [5.41, 5.74) is 1.08. The Kier molecular flexibility index (Phi) is 2.11. The van der Waals surface area contributed by atoms with Gasteiger partial charge in [-0.1, -0.05) is 13.8 Å². The molecule has 0 amide bonds. The van der Waals surface area contributed by atoms with Crippen LogP contribution in [0.4, 0.5) is 0 Å². The highest BCUT2D eigenvalue weighted by Gasteiger charge is 2.66. The molecule has 2 atom stereocenters. The van der Waals surface area contributed by atoms with Gasteiger partial charge in [0.05, 0.1) is 0 Å². The average Bonchev–Trinajstić information content (AvgIpc) is 2.82. The highest BCUT2D eigenvalue weighted by atomic mass is 15.4. The van der Waals surface area contributed by atoms with E-state index in [1.165, 1.54) is 0 Å². The Balaban J connectivity index is 2.14. The minimum absolute atomic E-state index is 0.00845. The summed E-state index contributed by atoms with van der Waals surface area (Å²) in [4.78, 5) is 4.67. The molecule has 0 saturated carbocycles. The predicted octanol–water partition coefficient (Wildman–Crippen LogP) is 2.34. The van der Waals surface area contributed by atoms with Crippen molar-refractivity contribution in [2.24, 2.45) is 0 Å². The number of allylic oxidation sites excluding steroid dienone is 2. The maximum Gasteiger partial charge on any atom is 0.250 e. The second kappa shape index (κ2) is 3.57. The van der Waals surface area contributed by atoms with E-state index in [-0.39, 0.29) is 11.1 Å². The van der Waals surface area contributed by atoms with Crippen LogP contribution in [0.25, 0.3) is 11.5 Å². The maximum absolute atomic E-state index is 4.71. The number of aryl methyl sites for hydroxylation is 1. The lowest BCUT2D eigenvalue weighted by atomic mass is 9.63. The van der Waals surface area contributed by atoms with E-state index in [0.717, 1.165) is 30.2 Å². The third-order valence-electron chi connectivity index (χ3n) is 5.07. The molecule has 2 aromatic rings. The summed E-state index contributed by atoms with van der Waals surface area (Å²) in [7, 11) is 0. The molecule has 2 unspecified atom stereocenters. The smallest absolute Gasteiger partial charge is 0.223 e. The number of fused-ring (bicyclic) bond motifs is 6. The van der Waals surface area contributed by atoms with Crippen molar-refractivity contribution in [2.45, 2.75) is 44.7 Å². The first-order valence-electron chi connectivity index (χ1n) is 7.34. The lowest BCUT2D eigenvalue weighted by Gasteiger charge is -2.50. The molecule has 0 bridgehead atoms. The largest absolute Gasteiger partial charge is 0.250 e. The fourth-order valence-corrected chi connectivity index (χ4v) is 4.01. The lowest BCUT2D eigenvalue weighted by Crippen LogP contribution is -2.74. The van der Waals surface area contributed by atoms with Gasteiger partial charge < -0.3 is 0 Å². The molecule has 4 rings (SSSR count). The molecular weight excluding hydrogens is 248 g/mol. The van der Waals surface area contributed by atoms with Gasteiger partial charge in [-0.25, -0.2) is 9.67 Å². The molecule has 20 heavy (non-hydrogen) atoms. The van der Waals surface area contributed by atoms with Gasteiger partial charge in [0.2, 0.25) is 11.4 Å². The van der Waals surface area contributed by atoms with Crippen LogP contribution in [-0.4, -0.2) is 14.8 Å². The van der Waals surface area contributed by atoms with Gasteiger partial charge in [-0.2, -0.15) is 9.67 Å². The van der Waals surface area contributed by atoms with Gasteiger partial charge in [-0.05, 0) is 31.6 Å². The van der Waals surface area contributed by atoms with Crippen LogP contribution in [0, 0.1) is 6.92 Å². The molecule has 0 aromatic carbocycles. The van der Waals surface area contributed by atoms with Crippen molar-refractivity contribution in [3.8, 4) is 11.5 Å². The molecule has 1 aliphatic heterocycles. The van der Waals surface area contributed by atoms with E-state index in [4.69, 9.17) is 5.10 Å². The SMILES string of the molecule is CCC12C=CC1(CC)[n+]1ccccc1-c1nc(C)nn12. The zero-order chi connectivity index (χ0) is 14.0. The normalized spacial score (nSPS) is 29.4. The Morgan fingerprint density at radius 1 is 1.20 bits per heavy atom. The first kappa shape index (κ1) is 11.8. The lowest BCUT2D eigenvalue weighted by molar-refractivity contribution is -0.764. The highest BCUT2D eigenvalue weighted by molar-refractivity contribution is 5.51. The van der Waals surface area contributed by atoms with Crippen LogP contribution in [0.5, 0.6) is 0 Å². The van der Waals surface area contributed by atoms with Crippen molar-refractivity contribution in [2.75, 3.05) is 0 Å². The van der Waals surface area contributed by atoms with E-state index in [1.807, 2.05) is 6.92 Å². The third-order valence-corrected chi connectivity index (χ3v) is 5.07. The molecule has 3 heterocycles. The van der Waals surface area contributed by atoms with Gasteiger partial charge in [0.1, 0.15) is 5.82 Å². The highest BCUT2D eigenvalue weighted by Crippen LogP contribution is 2.51. The molecule has 1 aliphatic carbocycles. The molecule has 2 aliphatic rings. The Hall–Kier alpha value is -1.97. The second-order valence-corrected chi connectivity index (χ2v) is 5.74. The van der Waals surface area contributed by atoms with E-state index < -0.39 is 0 Å². The Labute approximate surface area is 118 Å². The topological polar surface area (TPSA) is 34.6 Å². The molecule has 2 aromatic heterocycles. The predicted molar refractivity (Wildman–Crippen MR) is 76.1 cm³/mol. The summed E-state index contributed by atoms with van der Waals surface area (Å²) in [6, 6.07) is 6.32. The molecule has 4 heteroatoms. The fraction of sp³-hybridized carbons (Fsp3) is 0.438. The minimum atomic E-state index is -0.0721. The van der Waals surface area contributed by atoms with Crippen LogP contribution in [0.15, 0.2) is 36.5 Å². The number of aromatic nitrogens is 4. The summed E-state index contributed by atoms with van der Waals surface area (Å²) in [5.74, 6) is 1.83. The summed E-state index contributed by atoms with van der Waals surface area (Å²) in [5, 5.41) is 4.71. The van der Waals surface area contributed by atoms with Crippen molar-refractivity contribution >= 4 is 0 Å². The van der Waals surface area contributed by atoms with Gasteiger partial charge in [-0.3, -0.25) is 0 Å². The van der Waals surface area contributed by atoms with E-state index in [2.05, 4.69) is 64.6 Å². The number of hydrogen-bond donors (Lipinski definition) is 0. The fourth-order valence-electron chi connectivity index (χ4n) is 4.01. The quantitative estimate of drug-likeness (QED) is 0.618. The summed E-state index contributed by atoms with van der Waals surface area (Å²) in [6.07, 6.45) is 8.89. The van der Waals surface area contributed by atoms with Crippen LogP contribution in [0.1, 0.15) is 32.5 Å². The van der Waals surface area contributed by atoms with Crippen LogP contribution in [-0.2, 0) is 11.1 Å². The molecule has 0 spiro atoms. The molecule has 0 saturated heterocycles. The summed E-state index contributed by atoms with van der Waals surface area (Å²) >= 11 is 0. The standard InChI is InChI=1S/C16H19N4/c1-4-15-9-10-16(15,5-2)20-14(17-12(3)18-20)13-8-6-7-11-19(13)15/h6-11H,4-5H2,1-3H3/q+1. The van der Waals surface area contributed by atoms with Crippen LogP contribution < -0.4 is 4.57 Å². The van der Waals surface area contributed by atoms with Gasteiger partial charge in [0.15, 0.2) is 11.7 Å². The monoisotopic (exact) mass is 267 g/mol. The number of nitrogens with zero attached hydrogens (tertiary/aromatic N) is 4. The van der Waals surface area contributed by atoms with Crippen LogP contribution in [0.2, 0.25) is 0 Å². The van der Waals surface area contributed by atoms with Gasteiger partial charge in [0.25, 0.3) is 5.69 Å². The van der Waals surface area contributed by atoms with E-state index in [1.54, 1.807) is 0 Å². The maximum atomic E-state index is 4.71. The first-order chi connectivity index (χ1) is 9.68. The Bertz CT molecular complexity index is 730. The average molecular weight is 267 g/mol. The van der Waals surface area contributed by atoms with Crippen molar-refractivity contribution in [3.63, 3.8) is 0 Å². The molecular formula is C16H19N4+. The number of rotatable bonds is 2. The molecule has 0 N–H and O–H groups in total. The van der Waals surface area contributed by atoms with E-state index in [9.17, 15) is 0 Å². The second-order valence-electron chi connectivity index (χ2n) is 5.74. The van der Waals surface area contributed by atoms with Crippen LogP contribution >= 0.6 is 0 Å². The van der Waals surface area contributed by atoms with Gasteiger partial charge in [0, 0.05) is 18.6 Å². The van der Waals surface area contributed by atoms with Crippen molar-refractivity contribution in [3.05, 3.63) is 42.4 Å². The Morgan fingerprint density at radius 3 is 2.70 bits per heavy atom. The minimum Gasteiger partial charge on any atom is -0.223 e. The zero-order valence-electron chi connectivity index (χ0n) is 12.2. The molecule has 0 radical (unpaired) electrons. The van der Waals surface area contributed by atoms with Crippen LogP contribution in [0.3, 0.4) is 0 Å². The number of hydrogen-bond acceptors (Lipinski definition) is 2. The molecule has 102 valence electrons. The molecule has 4 nitrogen and oxygen atoms in total. The number of pyridine rings is 1. The van der Waals surface area contributed by atoms with Crippen molar-refractivity contribution in [1.82, 2.24) is 14.8 Å². The first-order valence-corrected chi connectivity index (χ1v) is 7.34. The summed E-state index contributed by atoms with van der Waals surface area (Å²) in [6.45, 7) is 6.47. The third kappa shape index (κ3) is 1.04. The Morgan fingerprint density at radius 2 is 2.05 bits per heavy atom. The van der Waals surface area contributed by atoms with E-state index >= 15 is 0 Å². The van der Waals surface area contributed by atoms with Crippen molar-refractivity contribution < 1.29 is 4.57 Å². The summed E-state index contributed by atoms with van der Waals surface area (Å²) < 4.78 is 4.54. The molecule has 0 fully saturated rings. The zero-order valence-corrected chi connectivity index (χ0v) is 12.2.